The van der Waals surface area contributed by atoms with Crippen molar-refractivity contribution in [2.75, 3.05) is 17.9 Å². The van der Waals surface area contributed by atoms with Crippen molar-refractivity contribution in [2.24, 2.45) is 0 Å². The number of aromatic hydroxyl groups is 1. The van der Waals surface area contributed by atoms with Crippen molar-refractivity contribution in [2.45, 2.75) is 11.8 Å². The molecule has 3 rings (SSSR count). The lowest BCUT2D eigenvalue weighted by molar-refractivity contribution is 0.0402. The first-order valence-electron chi connectivity index (χ1n) is 8.73. The highest BCUT2D eigenvalue weighted by atomic mass is 35.5. The minimum atomic E-state index is -4.65. The summed E-state index contributed by atoms with van der Waals surface area (Å²) in [6.45, 7) is 4.73. The van der Waals surface area contributed by atoms with Gasteiger partial charge >= 0.3 is 5.97 Å². The Bertz CT molecular complexity index is 1230. The number of cyclic esters (lactones) is 1. The summed E-state index contributed by atoms with van der Waals surface area (Å²) in [7, 11) is -4.65. The van der Waals surface area contributed by atoms with Crippen molar-refractivity contribution in [1.82, 2.24) is 0 Å². The number of fused-ring (bicyclic) bond motifs is 4. The van der Waals surface area contributed by atoms with Crippen LogP contribution in [0.2, 0.25) is 5.02 Å². The summed E-state index contributed by atoms with van der Waals surface area (Å²) < 4.78 is 67.0. The molecule has 2 N–H and O–H groups in total. The predicted octanol–water partition coefficient (Wildman–Crippen LogP) is 4.23. The number of nitrogens with one attached hydrogen (secondary N) is 1. The molecular weight excluding hydrogens is 456 g/mol. The fourth-order valence-electron chi connectivity index (χ4n) is 2.86. The number of hydrogen-bond acceptors (Lipinski definition) is 6. The van der Waals surface area contributed by atoms with Crippen LogP contribution in [0, 0.1) is 11.6 Å². The Hall–Kier alpha value is -3.11. The van der Waals surface area contributed by atoms with Crippen LogP contribution in [-0.2, 0) is 19.5 Å². The monoisotopic (exact) mass is 471 g/mol. The number of sulfonamides is 1. The number of allylic oxidation sites excluding steroid dienone is 3. The van der Waals surface area contributed by atoms with Gasteiger partial charge in [-0.2, -0.15) is 0 Å². The Morgan fingerprint density at radius 3 is 2.52 bits per heavy atom. The highest BCUT2D eigenvalue weighted by molar-refractivity contribution is 7.92. The minimum absolute atomic E-state index is 0.111. The molecule has 0 amide bonds. The van der Waals surface area contributed by atoms with Gasteiger partial charge in [0.05, 0.1) is 16.3 Å². The SMILES string of the molecule is C=C/C1=C(\C)OCCOC(=O)c2cc(Cl)c(O)c(c2)S(=O)(=O)Nc2cc1c(F)cc2F. The molecule has 0 fully saturated rings. The first-order chi connectivity index (χ1) is 14.5. The van der Waals surface area contributed by atoms with Crippen LogP contribution in [-0.4, -0.2) is 32.7 Å². The topological polar surface area (TPSA) is 102 Å². The zero-order chi connectivity index (χ0) is 22.9. The van der Waals surface area contributed by atoms with Crippen molar-refractivity contribution >= 4 is 38.9 Å². The predicted molar refractivity (Wildman–Crippen MR) is 109 cm³/mol. The molecule has 4 bridgehead atoms. The molecule has 0 atom stereocenters. The summed E-state index contributed by atoms with van der Waals surface area (Å²) in [6, 6.07) is 3.27. The molecule has 0 aromatic heterocycles. The Morgan fingerprint density at radius 1 is 1.16 bits per heavy atom. The number of phenolic OH excluding ortho intramolecular Hbond substituents is 1. The summed E-state index contributed by atoms with van der Waals surface area (Å²) in [4.78, 5) is 11.5. The normalized spacial score (nSPS) is 18.6. The molecule has 0 unspecified atom stereocenters. The Morgan fingerprint density at radius 2 is 1.84 bits per heavy atom. The molecule has 0 aliphatic carbocycles. The molecule has 11 heteroatoms. The summed E-state index contributed by atoms with van der Waals surface area (Å²) in [5.41, 5.74) is -0.931. The van der Waals surface area contributed by atoms with E-state index in [1.807, 2.05) is 4.72 Å². The number of phenols is 1. The average Bonchev–Trinajstić information content (AvgIpc) is 2.70. The van der Waals surface area contributed by atoms with E-state index in [4.69, 9.17) is 21.1 Å². The maximum atomic E-state index is 14.5. The maximum Gasteiger partial charge on any atom is 0.338 e. The van der Waals surface area contributed by atoms with Gasteiger partial charge in [0.15, 0.2) is 5.75 Å². The highest BCUT2D eigenvalue weighted by Gasteiger charge is 2.26. The number of ether oxygens (including phenoxy) is 2. The van der Waals surface area contributed by atoms with Gasteiger partial charge in [-0.1, -0.05) is 24.3 Å². The van der Waals surface area contributed by atoms with Crippen LogP contribution in [0.5, 0.6) is 5.75 Å². The van der Waals surface area contributed by atoms with Crippen LogP contribution in [0.4, 0.5) is 14.5 Å². The van der Waals surface area contributed by atoms with E-state index < -0.39 is 49.0 Å². The van der Waals surface area contributed by atoms with Gasteiger partial charge in [0.25, 0.3) is 10.0 Å². The summed E-state index contributed by atoms with van der Waals surface area (Å²) in [5, 5.41) is 9.69. The lowest BCUT2D eigenvalue weighted by Gasteiger charge is -2.15. The van der Waals surface area contributed by atoms with Crippen LogP contribution in [0.25, 0.3) is 5.57 Å². The second-order valence-corrected chi connectivity index (χ2v) is 8.44. The second kappa shape index (κ2) is 8.56. The molecule has 31 heavy (non-hydrogen) atoms. The molecule has 1 aliphatic heterocycles. The molecule has 1 heterocycles. The number of benzene rings is 2. The molecule has 0 saturated carbocycles. The molecule has 2 aromatic rings. The Kier molecular flexibility index (Phi) is 6.23. The maximum absolute atomic E-state index is 14.5. The number of carbonyl (C=O) groups excluding carboxylic acids is 1. The lowest BCUT2D eigenvalue weighted by atomic mass is 10.0. The molecule has 1 aliphatic rings. The van der Waals surface area contributed by atoms with Gasteiger partial charge in [0, 0.05) is 17.2 Å². The molecule has 0 saturated heterocycles. The van der Waals surface area contributed by atoms with Crippen LogP contribution in [0.3, 0.4) is 0 Å². The number of halogens is 3. The standard InChI is InChI=1S/C20H16ClF2NO6S/c1-3-12-10(2)29-4-5-30-20(26)11-6-14(21)19(25)18(7-11)31(27,28)24-17-8-13(12)15(22)9-16(17)23/h3,6-9,24-25H,1,4-5H2,2H3/b12-10-. The third kappa shape index (κ3) is 4.49. The van der Waals surface area contributed by atoms with E-state index in [9.17, 15) is 27.1 Å². The lowest BCUT2D eigenvalue weighted by Crippen LogP contribution is -2.16. The zero-order valence-corrected chi connectivity index (χ0v) is 17.6. The van der Waals surface area contributed by atoms with Crippen molar-refractivity contribution in [3.05, 3.63) is 70.5 Å². The van der Waals surface area contributed by atoms with Crippen LogP contribution >= 0.6 is 11.6 Å². The number of anilines is 1. The van der Waals surface area contributed by atoms with Crippen molar-refractivity contribution in [3.63, 3.8) is 0 Å². The smallest absolute Gasteiger partial charge is 0.338 e. The van der Waals surface area contributed by atoms with Gasteiger partial charge in [0.1, 0.15) is 35.5 Å². The van der Waals surface area contributed by atoms with Gasteiger partial charge in [-0.05, 0) is 25.1 Å². The quantitative estimate of drug-likeness (QED) is 0.603. The molecule has 164 valence electrons. The average molecular weight is 472 g/mol. The largest absolute Gasteiger partial charge is 0.505 e. The van der Waals surface area contributed by atoms with E-state index >= 15 is 0 Å². The van der Waals surface area contributed by atoms with E-state index in [-0.39, 0.29) is 35.7 Å². The Balaban J connectivity index is 2.26. The van der Waals surface area contributed by atoms with E-state index in [0.717, 1.165) is 18.2 Å². The third-order valence-corrected chi connectivity index (χ3v) is 6.03. The van der Waals surface area contributed by atoms with E-state index in [2.05, 4.69) is 6.58 Å². The molecular formula is C20H16ClF2NO6S. The molecule has 0 spiro atoms. The van der Waals surface area contributed by atoms with Gasteiger partial charge in [-0.15, -0.1) is 0 Å². The number of hydrogen-bond donors (Lipinski definition) is 2. The van der Waals surface area contributed by atoms with Crippen molar-refractivity contribution < 1.29 is 36.6 Å². The number of rotatable bonds is 1. The van der Waals surface area contributed by atoms with Crippen molar-refractivity contribution in [1.29, 1.82) is 0 Å². The minimum Gasteiger partial charge on any atom is -0.505 e. The fraction of sp³-hybridized carbons (Fsp3) is 0.150. The molecule has 7 nitrogen and oxygen atoms in total. The van der Waals surface area contributed by atoms with Gasteiger partial charge in [0.2, 0.25) is 0 Å². The van der Waals surface area contributed by atoms with E-state index in [1.165, 1.54) is 13.0 Å². The number of carbonyl (C=O) groups is 1. The zero-order valence-electron chi connectivity index (χ0n) is 16.0. The van der Waals surface area contributed by atoms with Crippen LogP contribution < -0.4 is 4.72 Å². The third-order valence-electron chi connectivity index (χ3n) is 4.36. The summed E-state index contributed by atoms with van der Waals surface area (Å²) in [5.74, 6) is -3.80. The van der Waals surface area contributed by atoms with Gasteiger partial charge < -0.3 is 14.6 Å². The van der Waals surface area contributed by atoms with E-state index in [0.29, 0.717) is 6.07 Å². The van der Waals surface area contributed by atoms with Crippen LogP contribution in [0.15, 0.2) is 47.6 Å². The highest BCUT2D eigenvalue weighted by Crippen LogP contribution is 2.35. The number of esters is 1. The first kappa shape index (κ1) is 22.6. The Labute approximate surface area is 181 Å². The summed E-state index contributed by atoms with van der Waals surface area (Å²) >= 11 is 5.86. The van der Waals surface area contributed by atoms with Gasteiger partial charge in [-0.25, -0.2) is 22.0 Å². The molecule has 2 aromatic carbocycles. The van der Waals surface area contributed by atoms with Gasteiger partial charge in [-0.3, -0.25) is 4.72 Å². The summed E-state index contributed by atoms with van der Waals surface area (Å²) in [6.07, 6.45) is 1.25. The molecule has 0 radical (unpaired) electrons. The van der Waals surface area contributed by atoms with Crippen molar-refractivity contribution in [3.8, 4) is 5.75 Å². The second-order valence-electron chi connectivity index (χ2n) is 6.38. The van der Waals surface area contributed by atoms with E-state index in [1.54, 1.807) is 0 Å². The first-order valence-corrected chi connectivity index (χ1v) is 10.6. The van der Waals surface area contributed by atoms with Crippen LogP contribution in [0.1, 0.15) is 22.8 Å². The fourth-order valence-corrected chi connectivity index (χ4v) is 4.34.